The minimum absolute atomic E-state index is 0.176. The van der Waals surface area contributed by atoms with E-state index in [0.717, 1.165) is 0 Å². The molecule has 48 valence electrons. The van der Waals surface area contributed by atoms with Gasteiger partial charge in [-0.1, -0.05) is 5.18 Å². The average Bonchev–Trinajstić information content (AvgIpc) is 1.69. The van der Waals surface area contributed by atoms with Gasteiger partial charge in [0.15, 0.2) is 0 Å². The third-order valence-corrected chi connectivity index (χ3v) is 1.30. The maximum absolute atomic E-state index is 9.80. The smallest absolute Gasteiger partial charge is 0.115 e. The first-order chi connectivity index (χ1) is 3.72. The third kappa shape index (κ3) is 2.28. The van der Waals surface area contributed by atoms with Crippen LogP contribution in [0, 0.1) is 4.91 Å². The standard InChI is InChI=1S/C4H10N2OS/c1-3(5)4(2-8)6-7/h3-4,8H,2,5H2,1H3. The van der Waals surface area contributed by atoms with Crippen molar-refractivity contribution >= 4 is 12.6 Å². The summed E-state index contributed by atoms with van der Waals surface area (Å²) in [5.74, 6) is 0.432. The zero-order chi connectivity index (χ0) is 6.57. The van der Waals surface area contributed by atoms with E-state index in [1.54, 1.807) is 6.92 Å². The van der Waals surface area contributed by atoms with Gasteiger partial charge in [-0.2, -0.15) is 17.5 Å². The highest BCUT2D eigenvalue weighted by Gasteiger charge is 2.09. The van der Waals surface area contributed by atoms with Crippen molar-refractivity contribution in [1.29, 1.82) is 0 Å². The van der Waals surface area contributed by atoms with Crippen molar-refractivity contribution in [2.24, 2.45) is 10.9 Å². The highest BCUT2D eigenvalue weighted by atomic mass is 32.1. The van der Waals surface area contributed by atoms with Gasteiger partial charge in [0.1, 0.15) is 6.04 Å². The molecule has 0 fully saturated rings. The molecule has 0 aromatic heterocycles. The Balaban J connectivity index is 3.51. The lowest BCUT2D eigenvalue weighted by Crippen LogP contribution is -2.30. The quantitative estimate of drug-likeness (QED) is 0.433. The van der Waals surface area contributed by atoms with E-state index in [-0.39, 0.29) is 12.1 Å². The lowest BCUT2D eigenvalue weighted by molar-refractivity contribution is 0.610. The zero-order valence-electron chi connectivity index (χ0n) is 4.74. The van der Waals surface area contributed by atoms with Gasteiger partial charge < -0.3 is 5.73 Å². The van der Waals surface area contributed by atoms with Gasteiger partial charge in [-0.25, -0.2) is 0 Å². The maximum Gasteiger partial charge on any atom is 0.115 e. The van der Waals surface area contributed by atoms with Crippen molar-refractivity contribution in [2.45, 2.75) is 19.0 Å². The summed E-state index contributed by atoms with van der Waals surface area (Å²) in [5.41, 5.74) is 5.32. The fourth-order valence-corrected chi connectivity index (χ4v) is 0.695. The molecule has 4 heteroatoms. The van der Waals surface area contributed by atoms with E-state index in [2.05, 4.69) is 17.8 Å². The van der Waals surface area contributed by atoms with Gasteiger partial charge in [-0.15, -0.1) is 0 Å². The van der Waals surface area contributed by atoms with Crippen LogP contribution >= 0.6 is 12.6 Å². The fraction of sp³-hybridized carbons (Fsp3) is 1.00. The van der Waals surface area contributed by atoms with Gasteiger partial charge in [-0.05, 0) is 6.92 Å². The summed E-state index contributed by atoms with van der Waals surface area (Å²) in [5, 5.41) is 2.75. The van der Waals surface area contributed by atoms with Crippen LogP contribution in [0.3, 0.4) is 0 Å². The molecule has 0 radical (unpaired) electrons. The number of thiol groups is 1. The van der Waals surface area contributed by atoms with E-state index in [9.17, 15) is 4.91 Å². The summed E-state index contributed by atoms with van der Waals surface area (Å²) in [7, 11) is 0. The molecule has 0 aromatic carbocycles. The molecule has 0 saturated heterocycles. The Morgan fingerprint density at radius 2 is 2.38 bits per heavy atom. The second kappa shape index (κ2) is 3.86. The predicted molar refractivity (Wildman–Crippen MR) is 37.1 cm³/mol. The number of nitrogens with zero attached hydrogens (tertiary/aromatic N) is 1. The molecule has 0 saturated carbocycles. The number of hydrogen-bond donors (Lipinski definition) is 2. The van der Waals surface area contributed by atoms with Gasteiger partial charge >= 0.3 is 0 Å². The third-order valence-electron chi connectivity index (χ3n) is 0.929. The summed E-state index contributed by atoms with van der Waals surface area (Å²) >= 11 is 3.86. The molecule has 0 spiro atoms. The number of nitroso groups, excluding NO2 is 1. The van der Waals surface area contributed by atoms with Crippen molar-refractivity contribution in [3.8, 4) is 0 Å². The topological polar surface area (TPSA) is 55.4 Å². The van der Waals surface area contributed by atoms with E-state index in [1.807, 2.05) is 0 Å². The molecule has 0 aliphatic heterocycles. The summed E-state index contributed by atoms with van der Waals surface area (Å²) in [6.07, 6.45) is 0. The number of hydrogen-bond acceptors (Lipinski definition) is 4. The molecule has 3 nitrogen and oxygen atoms in total. The first kappa shape index (κ1) is 7.91. The molecular weight excluding hydrogens is 124 g/mol. The summed E-state index contributed by atoms with van der Waals surface area (Å²) in [4.78, 5) is 9.80. The van der Waals surface area contributed by atoms with E-state index < -0.39 is 0 Å². The van der Waals surface area contributed by atoms with Crippen LogP contribution in [-0.4, -0.2) is 17.8 Å². The van der Waals surface area contributed by atoms with E-state index in [1.165, 1.54) is 0 Å². The van der Waals surface area contributed by atoms with Crippen LogP contribution in [0.15, 0.2) is 5.18 Å². The minimum atomic E-state index is -0.335. The second-order valence-electron chi connectivity index (χ2n) is 1.71. The van der Waals surface area contributed by atoms with Gasteiger partial charge in [0.25, 0.3) is 0 Å². The SMILES string of the molecule is CC(N)C(CS)N=O. The first-order valence-corrected chi connectivity index (χ1v) is 3.04. The Kier molecular flexibility index (Phi) is 3.81. The van der Waals surface area contributed by atoms with E-state index >= 15 is 0 Å². The number of nitrogens with two attached hydrogens (primary N) is 1. The molecule has 2 atom stereocenters. The zero-order valence-corrected chi connectivity index (χ0v) is 5.64. The molecule has 0 amide bonds. The van der Waals surface area contributed by atoms with E-state index in [4.69, 9.17) is 5.73 Å². The predicted octanol–water partition coefficient (Wildman–Crippen LogP) is 0.398. The van der Waals surface area contributed by atoms with Crippen LogP contribution in [-0.2, 0) is 0 Å². The monoisotopic (exact) mass is 134 g/mol. The Bertz CT molecular complexity index is 76.4. The Labute approximate surface area is 54.0 Å². The van der Waals surface area contributed by atoms with Gasteiger partial charge in [0, 0.05) is 11.8 Å². The maximum atomic E-state index is 9.80. The number of rotatable bonds is 3. The van der Waals surface area contributed by atoms with E-state index in [0.29, 0.717) is 5.75 Å². The van der Waals surface area contributed by atoms with Crippen molar-refractivity contribution in [3.05, 3.63) is 4.91 Å². The average molecular weight is 134 g/mol. The van der Waals surface area contributed by atoms with Crippen molar-refractivity contribution in [3.63, 3.8) is 0 Å². The van der Waals surface area contributed by atoms with Crippen LogP contribution in [0.25, 0.3) is 0 Å². The first-order valence-electron chi connectivity index (χ1n) is 2.41. The van der Waals surface area contributed by atoms with Crippen molar-refractivity contribution in [1.82, 2.24) is 0 Å². The second-order valence-corrected chi connectivity index (χ2v) is 2.08. The molecule has 0 aliphatic rings. The molecule has 2 unspecified atom stereocenters. The van der Waals surface area contributed by atoms with Crippen LogP contribution in [0.2, 0.25) is 0 Å². The van der Waals surface area contributed by atoms with Crippen LogP contribution in [0.1, 0.15) is 6.92 Å². The van der Waals surface area contributed by atoms with Crippen LogP contribution < -0.4 is 5.73 Å². The molecule has 0 aliphatic carbocycles. The molecule has 2 N–H and O–H groups in total. The lowest BCUT2D eigenvalue weighted by Gasteiger charge is -2.07. The normalized spacial score (nSPS) is 17.4. The van der Waals surface area contributed by atoms with Crippen LogP contribution in [0.5, 0.6) is 0 Å². The molecule has 0 aromatic rings. The minimum Gasteiger partial charge on any atom is -0.326 e. The molecule has 0 bridgehead atoms. The Hall–Kier alpha value is -0.0900. The Morgan fingerprint density at radius 3 is 2.38 bits per heavy atom. The lowest BCUT2D eigenvalue weighted by atomic mass is 10.2. The fourth-order valence-electron chi connectivity index (χ4n) is 0.296. The van der Waals surface area contributed by atoms with Gasteiger partial charge in [0.2, 0.25) is 0 Å². The Morgan fingerprint density at radius 1 is 1.88 bits per heavy atom. The molecule has 0 heterocycles. The summed E-state index contributed by atoms with van der Waals surface area (Å²) < 4.78 is 0. The van der Waals surface area contributed by atoms with Gasteiger partial charge in [0.05, 0.1) is 0 Å². The molecule has 0 rings (SSSR count). The summed E-state index contributed by atoms with van der Waals surface area (Å²) in [6.45, 7) is 1.74. The largest absolute Gasteiger partial charge is 0.326 e. The van der Waals surface area contributed by atoms with Gasteiger partial charge in [-0.3, -0.25) is 0 Å². The molecular formula is C4H10N2OS. The molecule has 8 heavy (non-hydrogen) atoms. The van der Waals surface area contributed by atoms with Crippen LogP contribution in [0.4, 0.5) is 0 Å². The highest BCUT2D eigenvalue weighted by Crippen LogP contribution is 1.96. The summed E-state index contributed by atoms with van der Waals surface area (Å²) in [6, 6.07) is -0.511. The van der Waals surface area contributed by atoms with Crippen molar-refractivity contribution in [2.75, 3.05) is 5.75 Å². The highest BCUT2D eigenvalue weighted by molar-refractivity contribution is 7.80. The van der Waals surface area contributed by atoms with Crippen molar-refractivity contribution < 1.29 is 0 Å².